The first-order chi connectivity index (χ1) is 7.86. The first-order valence-corrected chi connectivity index (χ1v) is 6.17. The van der Waals surface area contributed by atoms with Crippen molar-refractivity contribution in [2.24, 2.45) is 0 Å². The Bertz CT molecular complexity index is 298. The van der Waals surface area contributed by atoms with Gasteiger partial charge in [0.05, 0.1) is 7.11 Å². The van der Waals surface area contributed by atoms with Gasteiger partial charge in [0.25, 0.3) is 0 Å². The van der Waals surface area contributed by atoms with Crippen molar-refractivity contribution in [1.82, 2.24) is 0 Å². The molecule has 0 saturated heterocycles. The first kappa shape index (κ1) is 12.8. The lowest BCUT2D eigenvalue weighted by atomic mass is 10.1. The van der Waals surface area contributed by atoms with Crippen molar-refractivity contribution >= 4 is 6.08 Å². The number of rotatable bonds is 7. The summed E-state index contributed by atoms with van der Waals surface area (Å²) in [5.41, 5.74) is 1.25. The van der Waals surface area contributed by atoms with E-state index in [1.807, 2.05) is 12.1 Å². The summed E-state index contributed by atoms with van der Waals surface area (Å²) in [6, 6.07) is 8.16. The Labute approximate surface area is 99.1 Å². The Morgan fingerprint density at radius 3 is 2.44 bits per heavy atom. The Balaban J connectivity index is 2.27. The molecule has 0 bridgehead atoms. The molecular formula is C15H22O. The third-order valence-electron chi connectivity index (χ3n) is 2.65. The lowest BCUT2D eigenvalue weighted by Crippen LogP contribution is -1.81. The van der Waals surface area contributed by atoms with E-state index in [1.165, 1.54) is 37.7 Å². The summed E-state index contributed by atoms with van der Waals surface area (Å²) < 4.78 is 5.12. The van der Waals surface area contributed by atoms with Crippen LogP contribution in [0.3, 0.4) is 0 Å². The highest BCUT2D eigenvalue weighted by atomic mass is 16.5. The third-order valence-corrected chi connectivity index (χ3v) is 2.65. The Kier molecular flexibility index (Phi) is 6.39. The minimum Gasteiger partial charge on any atom is -0.497 e. The van der Waals surface area contributed by atoms with Crippen molar-refractivity contribution in [2.45, 2.75) is 39.0 Å². The molecule has 0 radical (unpaired) electrons. The quantitative estimate of drug-likeness (QED) is 0.604. The summed E-state index contributed by atoms with van der Waals surface area (Å²) >= 11 is 0. The lowest BCUT2D eigenvalue weighted by molar-refractivity contribution is 0.415. The number of ether oxygens (including phenoxy) is 1. The van der Waals surface area contributed by atoms with Gasteiger partial charge in [-0.05, 0) is 30.5 Å². The van der Waals surface area contributed by atoms with Gasteiger partial charge in [-0.15, -0.1) is 0 Å². The molecule has 88 valence electrons. The highest BCUT2D eigenvalue weighted by Crippen LogP contribution is 2.13. The number of methoxy groups -OCH3 is 1. The summed E-state index contributed by atoms with van der Waals surface area (Å²) in [6.45, 7) is 2.24. The molecule has 16 heavy (non-hydrogen) atoms. The molecule has 0 aliphatic carbocycles. The molecule has 0 aliphatic heterocycles. The van der Waals surface area contributed by atoms with Crippen LogP contribution in [0.25, 0.3) is 6.08 Å². The zero-order valence-corrected chi connectivity index (χ0v) is 10.4. The summed E-state index contributed by atoms with van der Waals surface area (Å²) in [5.74, 6) is 0.917. The van der Waals surface area contributed by atoms with E-state index in [0.29, 0.717) is 0 Å². The molecule has 0 atom stereocenters. The largest absolute Gasteiger partial charge is 0.497 e. The zero-order valence-electron chi connectivity index (χ0n) is 10.4. The Morgan fingerprint density at radius 2 is 1.81 bits per heavy atom. The zero-order chi connectivity index (χ0) is 11.6. The fourth-order valence-electron chi connectivity index (χ4n) is 1.62. The maximum absolute atomic E-state index is 5.12. The summed E-state index contributed by atoms with van der Waals surface area (Å²) in [5, 5.41) is 0. The number of allylic oxidation sites excluding steroid dienone is 1. The number of hydrogen-bond donors (Lipinski definition) is 0. The second kappa shape index (κ2) is 7.98. The van der Waals surface area contributed by atoms with Gasteiger partial charge in [0.1, 0.15) is 5.75 Å². The van der Waals surface area contributed by atoms with Gasteiger partial charge in [0.2, 0.25) is 0 Å². The van der Waals surface area contributed by atoms with Crippen LogP contribution in [0.5, 0.6) is 5.75 Å². The fraction of sp³-hybridized carbons (Fsp3) is 0.467. The van der Waals surface area contributed by atoms with Gasteiger partial charge in [0.15, 0.2) is 0 Å². The van der Waals surface area contributed by atoms with Gasteiger partial charge >= 0.3 is 0 Å². The van der Waals surface area contributed by atoms with Crippen molar-refractivity contribution < 1.29 is 4.74 Å². The Hall–Kier alpha value is -1.24. The SMILES string of the molecule is CCCCCCC=Cc1ccc(OC)cc1. The molecule has 0 aliphatic rings. The second-order valence-electron chi connectivity index (χ2n) is 4.02. The second-order valence-corrected chi connectivity index (χ2v) is 4.02. The molecule has 0 aromatic heterocycles. The van der Waals surface area contributed by atoms with Crippen molar-refractivity contribution in [2.75, 3.05) is 7.11 Å². The van der Waals surface area contributed by atoms with E-state index in [-0.39, 0.29) is 0 Å². The minimum atomic E-state index is 0.917. The maximum Gasteiger partial charge on any atom is 0.118 e. The highest BCUT2D eigenvalue weighted by molar-refractivity contribution is 5.50. The predicted molar refractivity (Wildman–Crippen MR) is 70.8 cm³/mol. The number of hydrogen-bond acceptors (Lipinski definition) is 1. The topological polar surface area (TPSA) is 9.23 Å². The van der Waals surface area contributed by atoms with Gasteiger partial charge in [-0.1, -0.05) is 50.5 Å². The van der Waals surface area contributed by atoms with Crippen LogP contribution in [0.2, 0.25) is 0 Å². The third kappa shape index (κ3) is 5.01. The molecule has 0 N–H and O–H groups in total. The molecule has 0 saturated carbocycles. The molecule has 0 spiro atoms. The average molecular weight is 218 g/mol. The molecule has 0 fully saturated rings. The standard InChI is InChI=1S/C15H22O/c1-3-4-5-6-7-8-9-14-10-12-15(16-2)13-11-14/h8-13H,3-7H2,1-2H3. The normalized spacial score (nSPS) is 10.9. The molecule has 1 rings (SSSR count). The van der Waals surface area contributed by atoms with Crippen LogP contribution in [-0.4, -0.2) is 7.11 Å². The first-order valence-electron chi connectivity index (χ1n) is 6.17. The minimum absolute atomic E-state index is 0.917. The van der Waals surface area contributed by atoms with Crippen LogP contribution >= 0.6 is 0 Å². The number of unbranched alkanes of at least 4 members (excludes halogenated alkanes) is 4. The highest BCUT2D eigenvalue weighted by Gasteiger charge is 1.89. The van der Waals surface area contributed by atoms with Crippen LogP contribution in [0.4, 0.5) is 0 Å². The van der Waals surface area contributed by atoms with Crippen molar-refractivity contribution in [3.05, 3.63) is 35.9 Å². The molecule has 1 aromatic rings. The van der Waals surface area contributed by atoms with E-state index in [2.05, 4.69) is 31.2 Å². The van der Waals surface area contributed by atoms with Gasteiger partial charge in [-0.25, -0.2) is 0 Å². The molecule has 1 nitrogen and oxygen atoms in total. The van der Waals surface area contributed by atoms with Crippen LogP contribution in [0, 0.1) is 0 Å². The monoisotopic (exact) mass is 218 g/mol. The average Bonchev–Trinajstić information content (AvgIpc) is 2.34. The Morgan fingerprint density at radius 1 is 1.06 bits per heavy atom. The van der Waals surface area contributed by atoms with Gasteiger partial charge < -0.3 is 4.74 Å². The summed E-state index contributed by atoms with van der Waals surface area (Å²) in [7, 11) is 1.69. The van der Waals surface area contributed by atoms with E-state index >= 15 is 0 Å². The van der Waals surface area contributed by atoms with Crippen LogP contribution < -0.4 is 4.74 Å². The van der Waals surface area contributed by atoms with Crippen molar-refractivity contribution in [1.29, 1.82) is 0 Å². The van der Waals surface area contributed by atoms with E-state index < -0.39 is 0 Å². The summed E-state index contributed by atoms with van der Waals surface area (Å²) in [4.78, 5) is 0. The van der Waals surface area contributed by atoms with E-state index in [1.54, 1.807) is 7.11 Å². The predicted octanol–water partition coefficient (Wildman–Crippen LogP) is 4.68. The van der Waals surface area contributed by atoms with Crippen molar-refractivity contribution in [3.8, 4) is 5.75 Å². The van der Waals surface area contributed by atoms with Crippen LogP contribution in [0.15, 0.2) is 30.3 Å². The van der Waals surface area contributed by atoms with E-state index in [9.17, 15) is 0 Å². The van der Waals surface area contributed by atoms with Gasteiger partial charge in [0, 0.05) is 0 Å². The smallest absolute Gasteiger partial charge is 0.118 e. The van der Waals surface area contributed by atoms with Crippen LogP contribution in [-0.2, 0) is 0 Å². The maximum atomic E-state index is 5.12. The number of benzene rings is 1. The molecule has 0 heterocycles. The van der Waals surface area contributed by atoms with Gasteiger partial charge in [-0.3, -0.25) is 0 Å². The molecule has 1 aromatic carbocycles. The lowest BCUT2D eigenvalue weighted by Gasteiger charge is -1.99. The summed E-state index contributed by atoms with van der Waals surface area (Å²) in [6.07, 6.45) is 11.0. The van der Waals surface area contributed by atoms with Crippen LogP contribution in [0.1, 0.15) is 44.6 Å². The molecular weight excluding hydrogens is 196 g/mol. The molecule has 0 amide bonds. The molecule has 1 heteroatoms. The fourth-order valence-corrected chi connectivity index (χ4v) is 1.62. The van der Waals surface area contributed by atoms with Crippen molar-refractivity contribution in [3.63, 3.8) is 0 Å². The van der Waals surface area contributed by atoms with E-state index in [4.69, 9.17) is 4.74 Å². The van der Waals surface area contributed by atoms with E-state index in [0.717, 1.165) is 5.75 Å². The molecule has 0 unspecified atom stereocenters. The van der Waals surface area contributed by atoms with Gasteiger partial charge in [-0.2, -0.15) is 0 Å².